The number of amides is 1. The highest BCUT2D eigenvalue weighted by atomic mass is 35.5. The standard InChI is InChI=1S/C21H17ClN2O4S/c22-15-8-10-16(11-9-15)24(20(25)14-4-2-1-3-5-14)18(13-6-7-13)19-23-17(12-29-19)28-21(26)27/h1-5,8-13,18H,6-7H2,(H,26,27). The van der Waals surface area contributed by atoms with E-state index in [4.69, 9.17) is 16.7 Å². The fourth-order valence-electron chi connectivity index (χ4n) is 3.20. The largest absolute Gasteiger partial charge is 0.512 e. The molecule has 1 fully saturated rings. The van der Waals surface area contributed by atoms with Gasteiger partial charge in [-0.2, -0.15) is 0 Å². The van der Waals surface area contributed by atoms with Crippen LogP contribution in [0.5, 0.6) is 5.88 Å². The van der Waals surface area contributed by atoms with Crippen LogP contribution in [0, 0.1) is 5.92 Å². The zero-order valence-electron chi connectivity index (χ0n) is 15.2. The van der Waals surface area contributed by atoms with Crippen LogP contribution in [0.25, 0.3) is 0 Å². The summed E-state index contributed by atoms with van der Waals surface area (Å²) in [5, 5.41) is 11.6. The van der Waals surface area contributed by atoms with Gasteiger partial charge in [-0.1, -0.05) is 29.8 Å². The number of rotatable bonds is 6. The molecule has 4 rings (SSSR count). The molecule has 6 nitrogen and oxygen atoms in total. The Balaban J connectivity index is 1.77. The van der Waals surface area contributed by atoms with Gasteiger partial charge in [0.1, 0.15) is 5.01 Å². The van der Waals surface area contributed by atoms with Crippen molar-refractivity contribution >= 4 is 40.7 Å². The van der Waals surface area contributed by atoms with Gasteiger partial charge >= 0.3 is 6.16 Å². The molecule has 1 atom stereocenters. The maximum atomic E-state index is 13.5. The van der Waals surface area contributed by atoms with Crippen LogP contribution in [0.15, 0.2) is 60.0 Å². The molecule has 3 aromatic rings. The molecule has 1 unspecified atom stereocenters. The zero-order chi connectivity index (χ0) is 20.4. The second kappa shape index (κ2) is 8.23. The first-order chi connectivity index (χ1) is 14.0. The van der Waals surface area contributed by atoms with Crippen LogP contribution in [0.3, 0.4) is 0 Å². The lowest BCUT2D eigenvalue weighted by atomic mass is 10.1. The van der Waals surface area contributed by atoms with E-state index < -0.39 is 6.16 Å². The molecule has 148 valence electrons. The second-order valence-corrected chi connectivity index (χ2v) is 8.02. The first-order valence-electron chi connectivity index (χ1n) is 9.03. The summed E-state index contributed by atoms with van der Waals surface area (Å²) >= 11 is 7.34. The average Bonchev–Trinajstić information content (AvgIpc) is 3.45. The number of ether oxygens (including phenoxy) is 1. The molecule has 1 aromatic heterocycles. The lowest BCUT2D eigenvalue weighted by molar-refractivity contribution is 0.0972. The van der Waals surface area contributed by atoms with Crippen molar-refractivity contribution < 1.29 is 19.4 Å². The Bertz CT molecular complexity index is 1020. The number of aromatic nitrogens is 1. The number of halogens is 1. The van der Waals surface area contributed by atoms with E-state index in [9.17, 15) is 9.59 Å². The first-order valence-corrected chi connectivity index (χ1v) is 10.3. The van der Waals surface area contributed by atoms with Crippen LogP contribution in [0.4, 0.5) is 10.5 Å². The van der Waals surface area contributed by atoms with E-state index in [0.29, 0.717) is 21.3 Å². The highest BCUT2D eigenvalue weighted by Crippen LogP contribution is 2.48. The maximum Gasteiger partial charge on any atom is 0.512 e. The second-order valence-electron chi connectivity index (χ2n) is 6.69. The number of thiazole rings is 1. The molecule has 0 radical (unpaired) electrons. The van der Waals surface area contributed by atoms with E-state index in [1.54, 1.807) is 46.7 Å². The average molecular weight is 429 g/mol. The van der Waals surface area contributed by atoms with Crippen molar-refractivity contribution in [3.63, 3.8) is 0 Å². The number of carboxylic acid groups (broad SMARTS) is 1. The number of anilines is 1. The minimum atomic E-state index is -1.42. The number of hydrogen-bond acceptors (Lipinski definition) is 5. The third-order valence-electron chi connectivity index (χ3n) is 4.64. The van der Waals surface area contributed by atoms with Crippen molar-refractivity contribution in [1.29, 1.82) is 0 Å². The smallest absolute Gasteiger partial charge is 0.449 e. The Kier molecular flexibility index (Phi) is 5.51. The first kappa shape index (κ1) is 19.4. The van der Waals surface area contributed by atoms with Gasteiger partial charge in [0.05, 0.1) is 11.4 Å². The molecule has 1 aliphatic rings. The Labute approximate surface area is 176 Å². The third-order valence-corrected chi connectivity index (χ3v) is 5.78. The number of carbonyl (C=O) groups is 2. The molecule has 1 aliphatic carbocycles. The van der Waals surface area contributed by atoms with Gasteiger partial charge in [-0.15, -0.1) is 11.3 Å². The van der Waals surface area contributed by atoms with Crippen molar-refractivity contribution in [2.24, 2.45) is 5.92 Å². The van der Waals surface area contributed by atoms with E-state index >= 15 is 0 Å². The molecule has 2 aromatic carbocycles. The minimum absolute atomic E-state index is 0.0198. The molecular weight excluding hydrogens is 412 g/mol. The van der Waals surface area contributed by atoms with Crippen molar-refractivity contribution in [3.05, 3.63) is 75.6 Å². The molecular formula is C21H17ClN2O4S. The van der Waals surface area contributed by atoms with E-state index in [1.165, 1.54) is 11.3 Å². The summed E-state index contributed by atoms with van der Waals surface area (Å²) in [7, 11) is 0. The van der Waals surface area contributed by atoms with Crippen LogP contribution in [-0.4, -0.2) is 22.2 Å². The Hall–Kier alpha value is -2.90. The number of hydrogen-bond donors (Lipinski definition) is 1. The molecule has 0 bridgehead atoms. The fraction of sp³-hybridized carbons (Fsp3) is 0.190. The minimum Gasteiger partial charge on any atom is -0.449 e. The highest BCUT2D eigenvalue weighted by molar-refractivity contribution is 7.10. The van der Waals surface area contributed by atoms with Crippen LogP contribution in [-0.2, 0) is 0 Å². The topological polar surface area (TPSA) is 79.7 Å². The number of carbonyl (C=O) groups excluding carboxylic acids is 1. The molecule has 1 saturated carbocycles. The predicted molar refractivity (Wildman–Crippen MR) is 111 cm³/mol. The van der Waals surface area contributed by atoms with Crippen LogP contribution < -0.4 is 9.64 Å². The van der Waals surface area contributed by atoms with E-state index in [2.05, 4.69) is 9.72 Å². The Morgan fingerprint density at radius 2 is 1.83 bits per heavy atom. The molecule has 1 heterocycles. The fourth-order valence-corrected chi connectivity index (χ4v) is 4.23. The monoisotopic (exact) mass is 428 g/mol. The summed E-state index contributed by atoms with van der Waals surface area (Å²) in [6.45, 7) is 0. The summed E-state index contributed by atoms with van der Waals surface area (Å²) in [4.78, 5) is 30.4. The van der Waals surface area contributed by atoms with E-state index in [1.807, 2.05) is 18.2 Å². The van der Waals surface area contributed by atoms with Gasteiger partial charge < -0.3 is 9.84 Å². The van der Waals surface area contributed by atoms with Gasteiger partial charge in [0, 0.05) is 16.3 Å². The van der Waals surface area contributed by atoms with Crippen molar-refractivity contribution in [1.82, 2.24) is 4.98 Å². The molecule has 0 aliphatic heterocycles. The van der Waals surface area contributed by atoms with Gasteiger partial charge in [-0.3, -0.25) is 9.69 Å². The van der Waals surface area contributed by atoms with Crippen LogP contribution in [0.2, 0.25) is 5.02 Å². The summed E-state index contributed by atoms with van der Waals surface area (Å²) < 4.78 is 4.69. The maximum absolute atomic E-state index is 13.5. The quantitative estimate of drug-likeness (QED) is 0.513. The zero-order valence-corrected chi connectivity index (χ0v) is 16.8. The summed E-state index contributed by atoms with van der Waals surface area (Å²) in [6, 6.07) is 15.8. The third kappa shape index (κ3) is 4.41. The number of benzene rings is 2. The van der Waals surface area contributed by atoms with Crippen molar-refractivity contribution in [2.45, 2.75) is 18.9 Å². The molecule has 29 heavy (non-hydrogen) atoms. The summed E-state index contributed by atoms with van der Waals surface area (Å²) in [5.41, 5.74) is 1.27. The van der Waals surface area contributed by atoms with Gasteiger partial charge in [-0.05, 0) is 55.2 Å². The SMILES string of the molecule is O=C(O)Oc1csc(C(C2CC2)N(C(=O)c2ccccc2)c2ccc(Cl)cc2)n1. The Morgan fingerprint density at radius 3 is 2.45 bits per heavy atom. The number of nitrogens with zero attached hydrogens (tertiary/aromatic N) is 2. The normalized spacial score (nSPS) is 14.2. The lowest BCUT2D eigenvalue weighted by Crippen LogP contribution is -2.36. The highest BCUT2D eigenvalue weighted by Gasteiger charge is 2.41. The van der Waals surface area contributed by atoms with Gasteiger partial charge in [-0.25, -0.2) is 9.78 Å². The van der Waals surface area contributed by atoms with Crippen LogP contribution >= 0.6 is 22.9 Å². The molecule has 1 amide bonds. The van der Waals surface area contributed by atoms with Gasteiger partial charge in [0.25, 0.3) is 5.91 Å². The van der Waals surface area contributed by atoms with Crippen LogP contribution in [0.1, 0.15) is 34.2 Å². The molecule has 0 spiro atoms. The molecule has 1 N–H and O–H groups in total. The predicted octanol–water partition coefficient (Wildman–Crippen LogP) is 5.65. The van der Waals surface area contributed by atoms with E-state index in [-0.39, 0.29) is 23.7 Å². The summed E-state index contributed by atoms with van der Waals surface area (Å²) in [6.07, 6.45) is 0.511. The Morgan fingerprint density at radius 1 is 1.14 bits per heavy atom. The molecule has 0 saturated heterocycles. The van der Waals surface area contributed by atoms with Gasteiger partial charge in [0.2, 0.25) is 5.88 Å². The lowest BCUT2D eigenvalue weighted by Gasteiger charge is -2.31. The van der Waals surface area contributed by atoms with Crippen molar-refractivity contribution in [2.75, 3.05) is 4.90 Å². The van der Waals surface area contributed by atoms with Gasteiger partial charge in [0.15, 0.2) is 0 Å². The molecule has 8 heteroatoms. The van der Waals surface area contributed by atoms with Crippen molar-refractivity contribution in [3.8, 4) is 5.88 Å². The van der Waals surface area contributed by atoms with E-state index in [0.717, 1.165) is 12.8 Å². The summed E-state index contributed by atoms with van der Waals surface area (Å²) in [5.74, 6) is 0.106.